The van der Waals surface area contributed by atoms with Crippen LogP contribution in [0.3, 0.4) is 0 Å². The fraction of sp³-hybridized carbons (Fsp3) is 0.118. The molecule has 0 saturated heterocycles. The summed E-state index contributed by atoms with van der Waals surface area (Å²) < 4.78 is 4.14. The van der Waals surface area contributed by atoms with E-state index in [-0.39, 0.29) is 0 Å². The molecular formula is C17H12Br2N4. The van der Waals surface area contributed by atoms with E-state index in [1.165, 1.54) is 0 Å². The Bertz CT molecular complexity index is 929. The van der Waals surface area contributed by atoms with Gasteiger partial charge in [0.1, 0.15) is 5.82 Å². The molecule has 0 radical (unpaired) electrons. The number of nitrogens with zero attached hydrogens (tertiary/aromatic N) is 4. The van der Waals surface area contributed by atoms with Crippen molar-refractivity contribution in [1.82, 2.24) is 14.5 Å². The zero-order chi connectivity index (χ0) is 16.0. The second-order valence-corrected chi connectivity index (χ2v) is 7.02. The van der Waals surface area contributed by atoms with Crippen LogP contribution in [-0.4, -0.2) is 20.2 Å². The van der Waals surface area contributed by atoms with Gasteiger partial charge in [-0.3, -0.25) is 14.5 Å². The number of rotatable bonds is 1. The molecule has 0 spiro atoms. The number of aliphatic imine (C=N–C) groups is 1. The minimum absolute atomic E-state index is 0.531. The summed E-state index contributed by atoms with van der Waals surface area (Å²) >= 11 is 7.21. The molecule has 0 bridgehead atoms. The van der Waals surface area contributed by atoms with Gasteiger partial charge in [0.05, 0.1) is 23.6 Å². The fourth-order valence-corrected chi connectivity index (χ4v) is 3.47. The van der Waals surface area contributed by atoms with E-state index in [1.807, 2.05) is 24.4 Å². The maximum atomic E-state index is 4.79. The van der Waals surface area contributed by atoms with E-state index in [0.29, 0.717) is 6.54 Å². The van der Waals surface area contributed by atoms with Gasteiger partial charge in [-0.05, 0) is 63.0 Å². The van der Waals surface area contributed by atoms with Crippen LogP contribution in [0.1, 0.15) is 22.8 Å². The highest BCUT2D eigenvalue weighted by atomic mass is 79.9. The Morgan fingerprint density at radius 2 is 1.91 bits per heavy atom. The number of imidazole rings is 1. The van der Waals surface area contributed by atoms with Crippen LogP contribution in [0.15, 0.2) is 56.7 Å². The smallest absolute Gasteiger partial charge is 0.135 e. The van der Waals surface area contributed by atoms with Gasteiger partial charge >= 0.3 is 0 Å². The van der Waals surface area contributed by atoms with Gasteiger partial charge in [-0.2, -0.15) is 0 Å². The van der Waals surface area contributed by atoms with E-state index in [1.54, 1.807) is 6.20 Å². The molecular weight excluding hydrogens is 420 g/mol. The third kappa shape index (κ3) is 2.46. The first-order valence-corrected chi connectivity index (χ1v) is 8.72. The lowest BCUT2D eigenvalue weighted by molar-refractivity contribution is 0.862. The lowest BCUT2D eigenvalue weighted by Gasteiger charge is -2.14. The van der Waals surface area contributed by atoms with Crippen LogP contribution in [-0.2, 0) is 6.54 Å². The highest BCUT2D eigenvalue weighted by Gasteiger charge is 2.22. The van der Waals surface area contributed by atoms with Gasteiger partial charge in [-0.25, -0.2) is 4.98 Å². The Morgan fingerprint density at radius 1 is 1.09 bits per heavy atom. The van der Waals surface area contributed by atoms with Crippen LogP contribution in [0.25, 0.3) is 5.69 Å². The van der Waals surface area contributed by atoms with Crippen LogP contribution in [0.4, 0.5) is 0 Å². The van der Waals surface area contributed by atoms with E-state index < -0.39 is 0 Å². The van der Waals surface area contributed by atoms with Crippen molar-refractivity contribution in [3.63, 3.8) is 0 Å². The van der Waals surface area contributed by atoms with Crippen LogP contribution < -0.4 is 0 Å². The standard InChI is InChI=1S/C17H12Br2N4/c1-10-8-21-16-9-22-17(14-4-2-3-5-20-14)11-6-12(18)13(19)7-15(11)23(10)16/h2-8H,9H2,1H3. The lowest BCUT2D eigenvalue weighted by Crippen LogP contribution is -2.09. The minimum atomic E-state index is 0.531. The first-order valence-electron chi connectivity index (χ1n) is 7.14. The molecule has 1 aliphatic rings. The minimum Gasteiger partial charge on any atom is -0.299 e. The quantitative estimate of drug-likeness (QED) is 0.571. The molecule has 0 unspecified atom stereocenters. The molecule has 3 aromatic rings. The molecule has 0 N–H and O–H groups in total. The van der Waals surface area contributed by atoms with Crippen molar-refractivity contribution in [1.29, 1.82) is 0 Å². The number of pyridine rings is 1. The van der Waals surface area contributed by atoms with E-state index in [4.69, 9.17) is 4.99 Å². The molecule has 2 aromatic heterocycles. The molecule has 6 heteroatoms. The SMILES string of the molecule is Cc1cnc2n1-c1cc(Br)c(Br)cc1C(c1ccccn1)=NC2. The highest BCUT2D eigenvalue weighted by Crippen LogP contribution is 2.33. The predicted molar refractivity (Wildman–Crippen MR) is 97.3 cm³/mol. The average molecular weight is 432 g/mol. The topological polar surface area (TPSA) is 43.1 Å². The van der Waals surface area contributed by atoms with Gasteiger partial charge < -0.3 is 0 Å². The van der Waals surface area contributed by atoms with Gasteiger partial charge in [-0.15, -0.1) is 0 Å². The summed E-state index contributed by atoms with van der Waals surface area (Å²) in [5.41, 5.74) is 4.95. The third-order valence-electron chi connectivity index (χ3n) is 3.83. The van der Waals surface area contributed by atoms with E-state index in [9.17, 15) is 0 Å². The number of hydrogen-bond donors (Lipinski definition) is 0. The molecule has 4 nitrogen and oxygen atoms in total. The Hall–Kier alpha value is -1.79. The van der Waals surface area contributed by atoms with Crippen LogP contribution in [0.5, 0.6) is 0 Å². The molecule has 23 heavy (non-hydrogen) atoms. The largest absolute Gasteiger partial charge is 0.299 e. The molecule has 3 heterocycles. The van der Waals surface area contributed by atoms with Crippen molar-refractivity contribution in [3.8, 4) is 5.69 Å². The van der Waals surface area contributed by atoms with E-state index in [2.05, 4.69) is 65.5 Å². The Morgan fingerprint density at radius 3 is 2.70 bits per heavy atom. The highest BCUT2D eigenvalue weighted by molar-refractivity contribution is 9.13. The molecule has 0 fully saturated rings. The summed E-state index contributed by atoms with van der Waals surface area (Å²) in [5.74, 6) is 0.934. The van der Waals surface area contributed by atoms with Crippen molar-refractivity contribution in [2.45, 2.75) is 13.5 Å². The maximum Gasteiger partial charge on any atom is 0.135 e. The third-order valence-corrected chi connectivity index (χ3v) is 5.68. The van der Waals surface area contributed by atoms with Gasteiger partial charge in [0, 0.05) is 32.6 Å². The summed E-state index contributed by atoms with van der Waals surface area (Å²) in [5, 5.41) is 0. The van der Waals surface area contributed by atoms with Crippen LogP contribution >= 0.6 is 31.9 Å². The van der Waals surface area contributed by atoms with E-state index in [0.717, 1.165) is 43.1 Å². The molecule has 0 atom stereocenters. The molecule has 0 aliphatic carbocycles. The average Bonchev–Trinajstić information content (AvgIpc) is 2.84. The maximum absolute atomic E-state index is 4.79. The summed E-state index contributed by atoms with van der Waals surface area (Å²) in [6.45, 7) is 2.59. The van der Waals surface area contributed by atoms with E-state index >= 15 is 0 Å². The van der Waals surface area contributed by atoms with Crippen molar-refractivity contribution in [3.05, 3.63) is 74.4 Å². The first-order chi connectivity index (χ1) is 11.1. The summed E-state index contributed by atoms with van der Waals surface area (Å²) in [6, 6.07) is 10.1. The molecule has 0 amide bonds. The molecule has 0 saturated carbocycles. The van der Waals surface area contributed by atoms with Gasteiger partial charge in [-0.1, -0.05) is 6.07 Å². The van der Waals surface area contributed by atoms with Crippen LogP contribution in [0.2, 0.25) is 0 Å². The number of halogens is 2. The second kappa shape index (κ2) is 5.69. The zero-order valence-corrected chi connectivity index (χ0v) is 15.5. The van der Waals surface area contributed by atoms with Gasteiger partial charge in [0.2, 0.25) is 0 Å². The molecule has 1 aliphatic heterocycles. The van der Waals surface area contributed by atoms with Crippen molar-refractivity contribution in [2.24, 2.45) is 4.99 Å². The normalized spacial score (nSPS) is 13.1. The zero-order valence-electron chi connectivity index (χ0n) is 12.3. The number of hydrogen-bond acceptors (Lipinski definition) is 3. The molecule has 114 valence electrons. The monoisotopic (exact) mass is 430 g/mol. The van der Waals surface area contributed by atoms with Crippen molar-refractivity contribution >= 4 is 37.6 Å². The number of aromatic nitrogens is 3. The Labute approximate surface area is 150 Å². The Kier molecular flexibility index (Phi) is 3.66. The van der Waals surface area contributed by atoms with Crippen molar-refractivity contribution < 1.29 is 0 Å². The fourth-order valence-electron chi connectivity index (χ4n) is 2.80. The molecule has 1 aromatic carbocycles. The van der Waals surface area contributed by atoms with Gasteiger partial charge in [0.25, 0.3) is 0 Å². The van der Waals surface area contributed by atoms with Crippen LogP contribution in [0, 0.1) is 6.92 Å². The Balaban J connectivity index is 2.04. The summed E-state index contributed by atoms with van der Waals surface area (Å²) in [6.07, 6.45) is 3.68. The summed E-state index contributed by atoms with van der Waals surface area (Å²) in [4.78, 5) is 13.8. The lowest BCUT2D eigenvalue weighted by atomic mass is 10.0. The number of aryl methyl sites for hydroxylation is 1. The number of fused-ring (bicyclic) bond motifs is 3. The van der Waals surface area contributed by atoms with Crippen molar-refractivity contribution in [2.75, 3.05) is 0 Å². The predicted octanol–water partition coefficient (Wildman–Crippen LogP) is 4.45. The summed E-state index contributed by atoms with van der Waals surface area (Å²) in [7, 11) is 0. The molecule has 4 rings (SSSR count). The number of benzene rings is 1. The van der Waals surface area contributed by atoms with Gasteiger partial charge in [0.15, 0.2) is 0 Å². The first kappa shape index (κ1) is 14.8. The second-order valence-electron chi connectivity index (χ2n) is 5.31.